The summed E-state index contributed by atoms with van der Waals surface area (Å²) in [6, 6.07) is 26.0. The van der Waals surface area contributed by atoms with Gasteiger partial charge in [-0.2, -0.15) is 36.5 Å². The number of carbonyl (C=O) groups is 2. The zero-order valence-electron chi connectivity index (χ0n) is 32.9. The van der Waals surface area contributed by atoms with E-state index >= 15 is 0 Å². The molecule has 0 saturated heterocycles. The topological polar surface area (TPSA) is 117 Å². The number of alkyl halides is 6. The average Bonchev–Trinajstić information content (AvgIpc) is 3.82. The van der Waals surface area contributed by atoms with Crippen molar-refractivity contribution >= 4 is 45.4 Å². The third kappa shape index (κ3) is 7.98. The Labute approximate surface area is 352 Å². The summed E-state index contributed by atoms with van der Waals surface area (Å²) in [5.74, 6) is -0.414. The Morgan fingerprint density at radius 1 is 0.633 bits per heavy atom. The average molecular weight is 867 g/mol. The minimum atomic E-state index is -4.45. The second-order valence-corrected chi connectivity index (χ2v) is 17.6. The standard InChI is InChI=1S/2C22H22F3N3OS/c2*1-14(29)28-21(17(11-12-26)10-9-15-5-2-3-8-19(15)21)30-20(27-28)16-6-4-7-18(13-16)22(23,24)25/h2*2-8,13,17H,9-12,26H2,1H3/t2*17-,21+/m10/s1. The number of hydrogen-bond donors (Lipinski definition) is 2. The van der Waals surface area contributed by atoms with E-state index in [1.165, 1.54) is 59.5 Å². The van der Waals surface area contributed by atoms with Gasteiger partial charge in [0.15, 0.2) is 0 Å². The number of nitrogens with two attached hydrogens (primary N) is 2. The van der Waals surface area contributed by atoms with Gasteiger partial charge >= 0.3 is 12.4 Å². The van der Waals surface area contributed by atoms with Crippen LogP contribution < -0.4 is 11.5 Å². The van der Waals surface area contributed by atoms with Crippen LogP contribution in [0.15, 0.2) is 107 Å². The summed E-state index contributed by atoms with van der Waals surface area (Å²) in [5.41, 5.74) is 15.3. The van der Waals surface area contributed by atoms with Crippen LogP contribution >= 0.6 is 23.5 Å². The zero-order valence-corrected chi connectivity index (χ0v) is 34.5. The van der Waals surface area contributed by atoms with Crippen LogP contribution in [-0.4, -0.2) is 45.0 Å². The first-order valence-corrected chi connectivity index (χ1v) is 21.3. The van der Waals surface area contributed by atoms with Crippen molar-refractivity contribution in [3.05, 3.63) is 142 Å². The number of nitrogens with zero attached hydrogens (tertiary/aromatic N) is 4. The predicted octanol–water partition coefficient (Wildman–Crippen LogP) is 9.45. The Bertz CT molecular complexity index is 2180. The summed E-state index contributed by atoms with van der Waals surface area (Å²) in [5, 5.41) is 12.8. The maximum absolute atomic E-state index is 13.2. The fourth-order valence-corrected chi connectivity index (χ4v) is 12.1. The van der Waals surface area contributed by atoms with Crippen LogP contribution in [0, 0.1) is 11.8 Å². The number of rotatable bonds is 6. The van der Waals surface area contributed by atoms with Crippen molar-refractivity contribution in [1.29, 1.82) is 0 Å². The molecule has 4 aliphatic rings. The molecular weight excluding hydrogens is 823 g/mol. The van der Waals surface area contributed by atoms with E-state index in [1.54, 1.807) is 12.1 Å². The van der Waals surface area contributed by atoms with E-state index in [-0.39, 0.29) is 23.7 Å². The number of thioether (sulfide) groups is 2. The first-order chi connectivity index (χ1) is 28.5. The van der Waals surface area contributed by atoms with Crippen LogP contribution in [0.1, 0.15) is 84.0 Å². The lowest BCUT2D eigenvalue weighted by Crippen LogP contribution is -2.49. The number of benzene rings is 4. The summed E-state index contributed by atoms with van der Waals surface area (Å²) in [4.78, 5) is 23.7. The summed E-state index contributed by atoms with van der Waals surface area (Å²) in [7, 11) is 0. The van der Waals surface area contributed by atoms with Gasteiger partial charge in [-0.15, -0.1) is 0 Å². The van der Waals surface area contributed by atoms with Gasteiger partial charge in [0.25, 0.3) is 0 Å². The minimum absolute atomic E-state index is 0.0401. The van der Waals surface area contributed by atoms with Crippen LogP contribution in [0.25, 0.3) is 0 Å². The molecule has 2 amide bonds. The molecule has 8 nitrogen and oxygen atoms in total. The van der Waals surface area contributed by atoms with Gasteiger partial charge < -0.3 is 11.5 Å². The van der Waals surface area contributed by atoms with Gasteiger partial charge in [0, 0.05) is 25.0 Å². The van der Waals surface area contributed by atoms with E-state index in [9.17, 15) is 35.9 Å². The van der Waals surface area contributed by atoms with E-state index in [0.29, 0.717) is 47.1 Å². The predicted molar refractivity (Wildman–Crippen MR) is 223 cm³/mol. The van der Waals surface area contributed by atoms with Gasteiger partial charge in [0.2, 0.25) is 11.8 Å². The lowest BCUT2D eigenvalue weighted by Gasteiger charge is -2.45. The summed E-state index contributed by atoms with van der Waals surface area (Å²) >= 11 is 2.73. The fraction of sp³-hybridized carbons (Fsp3) is 0.364. The van der Waals surface area contributed by atoms with Crippen LogP contribution in [0.3, 0.4) is 0 Å². The quantitative estimate of drug-likeness (QED) is 0.187. The molecule has 0 aromatic heterocycles. The molecule has 0 unspecified atom stereocenters. The number of hydrazone groups is 2. The second-order valence-electron chi connectivity index (χ2n) is 15.2. The molecule has 2 aliphatic carbocycles. The van der Waals surface area contributed by atoms with E-state index < -0.39 is 33.2 Å². The Kier molecular flexibility index (Phi) is 12.3. The Morgan fingerprint density at radius 2 is 1.02 bits per heavy atom. The van der Waals surface area contributed by atoms with Gasteiger partial charge in [-0.25, -0.2) is 10.0 Å². The number of hydrogen-bond acceptors (Lipinski definition) is 8. The maximum atomic E-state index is 13.2. The van der Waals surface area contributed by atoms with Crippen molar-refractivity contribution in [2.45, 2.75) is 74.5 Å². The highest BCUT2D eigenvalue weighted by Crippen LogP contribution is 2.59. The zero-order chi connectivity index (χ0) is 43.0. The van der Waals surface area contributed by atoms with Crippen molar-refractivity contribution < 1.29 is 35.9 Å². The van der Waals surface area contributed by atoms with Crippen molar-refractivity contribution in [3.8, 4) is 0 Å². The maximum Gasteiger partial charge on any atom is 0.416 e. The second kappa shape index (κ2) is 17.0. The van der Waals surface area contributed by atoms with Gasteiger partial charge in [0.05, 0.1) is 11.1 Å². The van der Waals surface area contributed by atoms with Crippen molar-refractivity contribution in [3.63, 3.8) is 0 Å². The molecule has 8 rings (SSSR count). The Balaban J connectivity index is 0.000000181. The Morgan fingerprint density at radius 3 is 1.37 bits per heavy atom. The lowest BCUT2D eigenvalue weighted by molar-refractivity contribution is -0.138. The number of amides is 2. The molecule has 4 atom stereocenters. The highest BCUT2D eigenvalue weighted by molar-refractivity contribution is 8.15. The number of halogens is 6. The molecule has 316 valence electrons. The normalized spacial score (nSPS) is 23.4. The van der Waals surface area contributed by atoms with Crippen molar-refractivity contribution in [2.75, 3.05) is 13.1 Å². The van der Waals surface area contributed by atoms with Crippen LogP contribution in [0.2, 0.25) is 0 Å². The van der Waals surface area contributed by atoms with E-state index in [1.807, 2.05) is 48.5 Å². The van der Waals surface area contributed by atoms with Crippen molar-refractivity contribution in [2.24, 2.45) is 33.5 Å². The summed E-state index contributed by atoms with van der Waals surface area (Å²) in [6.45, 7) is 3.80. The molecule has 4 aromatic carbocycles. The lowest BCUT2D eigenvalue weighted by atomic mass is 9.77. The van der Waals surface area contributed by atoms with Crippen LogP contribution in [0.4, 0.5) is 26.3 Å². The molecule has 0 radical (unpaired) electrons. The largest absolute Gasteiger partial charge is 0.416 e. The Hall–Kier alpha value is -4.64. The highest BCUT2D eigenvalue weighted by atomic mass is 32.2. The molecule has 0 bridgehead atoms. The van der Waals surface area contributed by atoms with Gasteiger partial charge in [-0.3, -0.25) is 9.59 Å². The molecule has 16 heteroatoms. The molecule has 4 N–H and O–H groups in total. The van der Waals surface area contributed by atoms with Crippen molar-refractivity contribution in [1.82, 2.24) is 10.0 Å². The molecule has 2 spiro atoms. The molecule has 2 aliphatic heterocycles. The SMILES string of the molecule is CC(=O)N1N=C(c2cccc(C(F)(F)F)c2)S[C@@]12c1ccccc1CC[C@@H]2CCN.CC(=O)N1N=C(c2cccc(C(F)(F)F)c2)S[C@]12c1ccccc1CC[C@H]2CCN. The van der Waals surface area contributed by atoms with E-state index in [4.69, 9.17) is 11.5 Å². The molecule has 0 fully saturated rings. The molecular formula is C44H44F6N6O2S2. The molecule has 2 heterocycles. The van der Waals surface area contributed by atoms with Gasteiger partial charge in [-0.05, 0) is 110 Å². The first kappa shape index (κ1) is 43.4. The van der Waals surface area contributed by atoms with Gasteiger partial charge in [-0.1, -0.05) is 96.3 Å². The fourth-order valence-electron chi connectivity index (χ4n) is 8.85. The number of aryl methyl sites for hydroxylation is 2. The molecule has 4 aromatic rings. The van der Waals surface area contributed by atoms with E-state index in [0.717, 1.165) is 72.2 Å². The third-order valence-electron chi connectivity index (χ3n) is 11.5. The van der Waals surface area contributed by atoms with Gasteiger partial charge in [0.1, 0.15) is 19.8 Å². The van der Waals surface area contributed by atoms with E-state index in [2.05, 4.69) is 10.2 Å². The molecule has 60 heavy (non-hydrogen) atoms. The summed E-state index contributed by atoms with van der Waals surface area (Å²) < 4.78 is 79.5. The molecule has 0 saturated carbocycles. The first-order valence-electron chi connectivity index (χ1n) is 19.6. The number of fused-ring (bicyclic) bond motifs is 4. The monoisotopic (exact) mass is 866 g/mol. The minimum Gasteiger partial charge on any atom is -0.330 e. The smallest absolute Gasteiger partial charge is 0.330 e. The highest BCUT2D eigenvalue weighted by Gasteiger charge is 2.56. The third-order valence-corrected chi connectivity index (χ3v) is 14.5. The number of carbonyl (C=O) groups excluding carboxylic acids is 2. The van der Waals surface area contributed by atoms with Crippen LogP contribution in [-0.2, 0) is 44.5 Å². The summed E-state index contributed by atoms with van der Waals surface area (Å²) in [6.07, 6.45) is -4.12. The van der Waals surface area contributed by atoms with Crippen LogP contribution in [0.5, 0.6) is 0 Å².